The van der Waals surface area contributed by atoms with Gasteiger partial charge in [-0.2, -0.15) is 5.10 Å². The summed E-state index contributed by atoms with van der Waals surface area (Å²) < 4.78 is 2.06. The summed E-state index contributed by atoms with van der Waals surface area (Å²) in [5, 5.41) is 6.99. The maximum Gasteiger partial charge on any atom is 0.248 e. The van der Waals surface area contributed by atoms with Crippen molar-refractivity contribution in [2.45, 2.75) is 26.3 Å². The van der Waals surface area contributed by atoms with Crippen LogP contribution in [0.5, 0.6) is 0 Å². The van der Waals surface area contributed by atoms with Crippen LogP contribution in [0.1, 0.15) is 42.2 Å². The van der Waals surface area contributed by atoms with E-state index in [1.165, 1.54) is 0 Å². The van der Waals surface area contributed by atoms with Gasteiger partial charge in [-0.15, -0.1) is 0 Å². The molecule has 1 aromatic heterocycles. The molecular weight excluding hydrogens is 429 g/mol. The molecule has 0 spiro atoms. The zero-order chi connectivity index (χ0) is 22.1. The van der Waals surface area contributed by atoms with Crippen molar-refractivity contribution in [3.63, 3.8) is 0 Å². The van der Waals surface area contributed by atoms with E-state index < -0.39 is 5.91 Å². The maximum absolute atomic E-state index is 11.4. The summed E-state index contributed by atoms with van der Waals surface area (Å²) in [4.78, 5) is 11.4. The molecule has 4 rings (SSSR count). The average molecular weight is 452 g/mol. The number of hydrogen-bond donors (Lipinski definition) is 1. The zero-order valence-electron chi connectivity index (χ0n) is 17.3. The number of rotatable bonds is 6. The fourth-order valence-corrected chi connectivity index (χ4v) is 4.40. The van der Waals surface area contributed by atoms with Gasteiger partial charge in [0.15, 0.2) is 0 Å². The smallest absolute Gasteiger partial charge is 0.248 e. The quantitative estimate of drug-likeness (QED) is 0.352. The van der Waals surface area contributed by atoms with Gasteiger partial charge in [-0.1, -0.05) is 61.3 Å². The molecule has 4 nitrogen and oxygen atoms in total. The second-order valence-electron chi connectivity index (χ2n) is 8.12. The summed E-state index contributed by atoms with van der Waals surface area (Å²) in [5.41, 5.74) is 9.98. The number of nitrogens with two attached hydrogens (primary N) is 1. The molecular formula is C25H23Cl2N3O. The minimum absolute atomic E-state index is 0.0457. The molecule has 1 atom stereocenters. The van der Waals surface area contributed by atoms with E-state index in [2.05, 4.69) is 36.7 Å². The summed E-state index contributed by atoms with van der Waals surface area (Å²) in [5.74, 6) is 0.0390. The Hall–Kier alpha value is -2.82. The highest BCUT2D eigenvalue weighted by Gasteiger charge is 2.19. The first-order valence-corrected chi connectivity index (χ1v) is 10.9. The molecule has 1 unspecified atom stereocenters. The van der Waals surface area contributed by atoms with Crippen molar-refractivity contribution in [3.8, 4) is 11.1 Å². The van der Waals surface area contributed by atoms with Crippen LogP contribution in [0.15, 0.2) is 66.9 Å². The van der Waals surface area contributed by atoms with E-state index in [-0.39, 0.29) is 6.04 Å². The Labute approximate surface area is 191 Å². The highest BCUT2D eigenvalue weighted by Crippen LogP contribution is 2.34. The highest BCUT2D eigenvalue weighted by molar-refractivity contribution is 6.36. The molecule has 6 heteroatoms. The van der Waals surface area contributed by atoms with Crippen molar-refractivity contribution in [2.24, 2.45) is 11.7 Å². The van der Waals surface area contributed by atoms with Crippen LogP contribution in [0.25, 0.3) is 22.0 Å². The number of fused-ring (bicyclic) bond motifs is 1. The fourth-order valence-electron chi connectivity index (χ4n) is 3.89. The van der Waals surface area contributed by atoms with E-state index in [9.17, 15) is 4.79 Å². The third-order valence-electron chi connectivity index (χ3n) is 5.41. The molecule has 1 heterocycles. The molecule has 0 saturated carbocycles. The Morgan fingerprint density at radius 2 is 1.77 bits per heavy atom. The molecule has 1 amide bonds. The van der Waals surface area contributed by atoms with Gasteiger partial charge < -0.3 is 5.73 Å². The predicted octanol–water partition coefficient (Wildman–Crippen LogP) is 6.74. The lowest BCUT2D eigenvalue weighted by molar-refractivity contribution is 0.1000. The molecule has 0 radical (unpaired) electrons. The number of carbonyl (C=O) groups excluding carboxylic acids is 1. The first kappa shape index (κ1) is 21.4. The number of aromatic nitrogens is 2. The minimum Gasteiger partial charge on any atom is -0.366 e. The summed E-state index contributed by atoms with van der Waals surface area (Å²) >= 11 is 12.4. The van der Waals surface area contributed by atoms with Crippen LogP contribution in [-0.4, -0.2) is 15.7 Å². The van der Waals surface area contributed by atoms with Gasteiger partial charge in [0.25, 0.3) is 0 Å². The first-order valence-electron chi connectivity index (χ1n) is 10.2. The average Bonchev–Trinajstić information content (AvgIpc) is 3.15. The lowest BCUT2D eigenvalue weighted by Crippen LogP contribution is -2.15. The number of primary amides is 1. The van der Waals surface area contributed by atoms with E-state index in [0.717, 1.165) is 34.0 Å². The van der Waals surface area contributed by atoms with Crippen molar-refractivity contribution in [3.05, 3.63) is 88.0 Å². The van der Waals surface area contributed by atoms with Gasteiger partial charge >= 0.3 is 0 Å². The van der Waals surface area contributed by atoms with Gasteiger partial charge in [0, 0.05) is 26.6 Å². The molecule has 2 N–H and O–H groups in total. The van der Waals surface area contributed by atoms with Crippen molar-refractivity contribution < 1.29 is 4.79 Å². The van der Waals surface area contributed by atoms with Crippen molar-refractivity contribution in [2.75, 3.05) is 0 Å². The van der Waals surface area contributed by atoms with Gasteiger partial charge in [0.2, 0.25) is 5.91 Å². The van der Waals surface area contributed by atoms with Crippen LogP contribution < -0.4 is 5.73 Å². The van der Waals surface area contributed by atoms with E-state index in [1.54, 1.807) is 18.2 Å². The van der Waals surface area contributed by atoms with E-state index >= 15 is 0 Å². The topological polar surface area (TPSA) is 60.9 Å². The van der Waals surface area contributed by atoms with Crippen LogP contribution in [0.4, 0.5) is 0 Å². The molecule has 31 heavy (non-hydrogen) atoms. The Kier molecular flexibility index (Phi) is 6.03. The van der Waals surface area contributed by atoms with Gasteiger partial charge in [-0.3, -0.25) is 9.48 Å². The summed E-state index contributed by atoms with van der Waals surface area (Å²) in [7, 11) is 0. The Balaban J connectivity index is 1.76. The van der Waals surface area contributed by atoms with Gasteiger partial charge in [-0.25, -0.2) is 0 Å². The fraction of sp³-hybridized carbons (Fsp3) is 0.200. The second kappa shape index (κ2) is 8.74. The van der Waals surface area contributed by atoms with E-state index in [1.807, 2.05) is 30.5 Å². The first-order chi connectivity index (χ1) is 14.8. The molecule has 0 saturated heterocycles. The third-order valence-corrected chi connectivity index (χ3v) is 5.96. The third kappa shape index (κ3) is 4.46. The van der Waals surface area contributed by atoms with E-state index in [0.29, 0.717) is 21.5 Å². The maximum atomic E-state index is 11.4. The lowest BCUT2D eigenvalue weighted by atomic mass is 9.96. The monoisotopic (exact) mass is 451 g/mol. The minimum atomic E-state index is -0.426. The number of nitrogens with zero attached hydrogens (tertiary/aromatic N) is 2. The molecule has 158 valence electrons. The van der Waals surface area contributed by atoms with Gasteiger partial charge in [0.05, 0.1) is 17.8 Å². The molecule has 0 aliphatic heterocycles. The van der Waals surface area contributed by atoms with Gasteiger partial charge in [-0.05, 0) is 59.9 Å². The number of carbonyl (C=O) groups is 1. The molecule has 0 bridgehead atoms. The highest BCUT2D eigenvalue weighted by atomic mass is 35.5. The largest absolute Gasteiger partial charge is 0.366 e. The van der Waals surface area contributed by atoms with Crippen molar-refractivity contribution in [1.29, 1.82) is 0 Å². The summed E-state index contributed by atoms with van der Waals surface area (Å²) in [6.45, 7) is 4.38. The van der Waals surface area contributed by atoms with Gasteiger partial charge in [0.1, 0.15) is 0 Å². The molecule has 0 aliphatic rings. The number of amides is 1. The molecule has 0 fully saturated rings. The Bertz CT molecular complexity index is 1250. The normalized spacial score (nSPS) is 12.4. The Morgan fingerprint density at radius 3 is 2.42 bits per heavy atom. The molecule has 4 aromatic rings. The number of hydrogen-bond acceptors (Lipinski definition) is 2. The number of halogens is 2. The standard InChI is InChI=1S/C25H23Cl2N3O/c1-15(2)11-24(16-3-5-17(6-4-16)25(28)31)30-23-10-7-18(12-19(23)14-29-30)21-9-8-20(26)13-22(21)27/h3-10,12-15,24H,11H2,1-2H3,(H2,28,31). The predicted molar refractivity (Wildman–Crippen MR) is 128 cm³/mol. The number of benzene rings is 3. The molecule has 3 aromatic carbocycles. The summed E-state index contributed by atoms with van der Waals surface area (Å²) in [6, 6.07) is 19.3. The lowest BCUT2D eigenvalue weighted by Gasteiger charge is -2.21. The van der Waals surface area contributed by atoms with Crippen LogP contribution in [0, 0.1) is 5.92 Å². The van der Waals surface area contributed by atoms with Crippen LogP contribution in [0.3, 0.4) is 0 Å². The Morgan fingerprint density at radius 1 is 1.03 bits per heavy atom. The van der Waals surface area contributed by atoms with E-state index in [4.69, 9.17) is 34.0 Å². The second-order valence-corrected chi connectivity index (χ2v) is 8.96. The zero-order valence-corrected chi connectivity index (χ0v) is 18.9. The summed E-state index contributed by atoms with van der Waals surface area (Å²) in [6.07, 6.45) is 2.80. The van der Waals surface area contributed by atoms with Crippen molar-refractivity contribution >= 4 is 40.0 Å². The van der Waals surface area contributed by atoms with Crippen LogP contribution in [0.2, 0.25) is 10.0 Å². The van der Waals surface area contributed by atoms with Crippen LogP contribution in [-0.2, 0) is 0 Å². The SMILES string of the molecule is CC(C)CC(c1ccc(C(N)=O)cc1)n1ncc2cc(-c3ccc(Cl)cc3Cl)ccc21. The van der Waals surface area contributed by atoms with Crippen LogP contribution >= 0.6 is 23.2 Å². The van der Waals surface area contributed by atoms with Crippen molar-refractivity contribution in [1.82, 2.24) is 9.78 Å². The molecule has 0 aliphatic carbocycles.